The fraction of sp³-hybridized carbons (Fsp3) is 0.379. The summed E-state index contributed by atoms with van der Waals surface area (Å²) in [6.07, 6.45) is 5.50. The summed E-state index contributed by atoms with van der Waals surface area (Å²) in [7, 11) is 1.68. The second kappa shape index (κ2) is 12.1. The van der Waals surface area contributed by atoms with Gasteiger partial charge in [0.1, 0.15) is 5.75 Å². The van der Waals surface area contributed by atoms with Crippen molar-refractivity contribution in [2.75, 3.05) is 20.3 Å². The van der Waals surface area contributed by atoms with Crippen molar-refractivity contribution < 1.29 is 19.4 Å². The normalized spacial score (nSPS) is 21.6. The minimum atomic E-state index is -1.13. The smallest absolute Gasteiger partial charge is 0.339 e. The first-order valence-electron chi connectivity index (χ1n) is 12.9. The standard InChI is InChI=1S/C29H37N5O4/c1-18(19-9-11-37-12-10-19)38-23-8-4-6-21(14-23)20-5-3-7-22(13-20)33-28(26(16-30)29(35)36)25-15-24(25)27(31)17-34(2)32/h3-8,13-14,16-19,24-25H,9-12,15,30-32H2,1-2H3,(H,35,36)/b26-16?,27-17-,33-28?. The number of rotatable bonds is 10. The van der Waals surface area contributed by atoms with Crippen molar-refractivity contribution in [1.82, 2.24) is 5.01 Å². The van der Waals surface area contributed by atoms with Crippen LogP contribution >= 0.6 is 0 Å². The second-order valence-corrected chi connectivity index (χ2v) is 9.98. The van der Waals surface area contributed by atoms with Crippen LogP contribution in [0.4, 0.5) is 5.69 Å². The Morgan fingerprint density at radius 2 is 1.84 bits per heavy atom. The number of hydrogen-bond acceptors (Lipinski definition) is 8. The Bertz CT molecular complexity index is 1230. The molecule has 0 radical (unpaired) electrons. The molecule has 2 aromatic rings. The lowest BCUT2D eigenvalue weighted by Crippen LogP contribution is -2.29. The molecule has 0 bridgehead atoms. The van der Waals surface area contributed by atoms with Gasteiger partial charge >= 0.3 is 5.97 Å². The molecule has 1 saturated heterocycles. The van der Waals surface area contributed by atoms with Crippen molar-refractivity contribution in [1.29, 1.82) is 0 Å². The summed E-state index contributed by atoms with van der Waals surface area (Å²) < 4.78 is 11.8. The topological polar surface area (TPSA) is 149 Å². The fourth-order valence-corrected chi connectivity index (χ4v) is 4.94. The van der Waals surface area contributed by atoms with Gasteiger partial charge in [-0.25, -0.2) is 10.6 Å². The molecule has 9 nitrogen and oxygen atoms in total. The molecule has 38 heavy (non-hydrogen) atoms. The van der Waals surface area contributed by atoms with Crippen LogP contribution < -0.4 is 22.0 Å². The van der Waals surface area contributed by atoms with E-state index in [0.29, 0.717) is 29.4 Å². The summed E-state index contributed by atoms with van der Waals surface area (Å²) in [6, 6.07) is 15.7. The van der Waals surface area contributed by atoms with Crippen LogP contribution in [-0.4, -0.2) is 48.2 Å². The Hall–Kier alpha value is -3.82. The van der Waals surface area contributed by atoms with Crippen LogP contribution in [0.25, 0.3) is 11.1 Å². The second-order valence-electron chi connectivity index (χ2n) is 9.98. The monoisotopic (exact) mass is 519 g/mol. The van der Waals surface area contributed by atoms with E-state index in [2.05, 4.69) is 6.92 Å². The Morgan fingerprint density at radius 1 is 1.16 bits per heavy atom. The molecule has 1 saturated carbocycles. The Labute approximate surface area is 223 Å². The maximum atomic E-state index is 12.0. The summed E-state index contributed by atoms with van der Waals surface area (Å²) in [4.78, 5) is 16.7. The largest absolute Gasteiger partial charge is 0.490 e. The van der Waals surface area contributed by atoms with Crippen molar-refractivity contribution in [3.8, 4) is 16.9 Å². The predicted octanol–water partition coefficient (Wildman–Crippen LogP) is 3.79. The molecule has 1 aliphatic carbocycles. The van der Waals surface area contributed by atoms with Crippen molar-refractivity contribution >= 4 is 17.4 Å². The molecule has 4 rings (SSSR count). The first-order chi connectivity index (χ1) is 18.3. The number of hydrazine groups is 1. The number of benzene rings is 2. The average Bonchev–Trinajstić information content (AvgIpc) is 3.70. The highest BCUT2D eigenvalue weighted by Gasteiger charge is 2.45. The van der Waals surface area contributed by atoms with Crippen LogP contribution in [0.1, 0.15) is 26.2 Å². The highest BCUT2D eigenvalue weighted by atomic mass is 16.5. The van der Waals surface area contributed by atoms with Gasteiger partial charge in [-0.2, -0.15) is 0 Å². The van der Waals surface area contributed by atoms with Crippen LogP contribution in [0, 0.1) is 17.8 Å². The molecule has 0 aromatic heterocycles. The van der Waals surface area contributed by atoms with Gasteiger partial charge in [-0.3, -0.25) is 4.99 Å². The van der Waals surface area contributed by atoms with E-state index in [1.54, 1.807) is 13.2 Å². The molecule has 2 aromatic carbocycles. The van der Waals surface area contributed by atoms with Gasteiger partial charge in [0.05, 0.1) is 23.1 Å². The van der Waals surface area contributed by atoms with Gasteiger partial charge in [-0.1, -0.05) is 24.3 Å². The summed E-state index contributed by atoms with van der Waals surface area (Å²) >= 11 is 0. The Morgan fingerprint density at radius 3 is 2.50 bits per heavy atom. The van der Waals surface area contributed by atoms with Crippen LogP contribution in [0.5, 0.6) is 5.75 Å². The molecule has 2 aliphatic rings. The van der Waals surface area contributed by atoms with E-state index in [0.717, 1.165) is 49.1 Å². The van der Waals surface area contributed by atoms with E-state index in [4.69, 9.17) is 31.8 Å². The van der Waals surface area contributed by atoms with Crippen LogP contribution in [-0.2, 0) is 9.53 Å². The van der Waals surface area contributed by atoms with E-state index in [9.17, 15) is 9.90 Å². The summed E-state index contributed by atoms with van der Waals surface area (Å²) in [5.74, 6) is 5.63. The van der Waals surface area contributed by atoms with E-state index in [1.165, 1.54) is 5.01 Å². The Balaban J connectivity index is 1.59. The number of carboxylic acids is 1. The third kappa shape index (κ3) is 6.73. The summed E-state index contributed by atoms with van der Waals surface area (Å²) in [6.45, 7) is 3.68. The first-order valence-corrected chi connectivity index (χ1v) is 12.9. The molecule has 0 spiro atoms. The molecule has 1 heterocycles. The number of allylic oxidation sites excluding steroid dienone is 1. The van der Waals surface area contributed by atoms with Gasteiger partial charge in [0.15, 0.2) is 0 Å². The highest BCUT2D eigenvalue weighted by molar-refractivity contribution is 6.21. The highest BCUT2D eigenvalue weighted by Crippen LogP contribution is 2.45. The zero-order valence-corrected chi connectivity index (χ0v) is 21.9. The quantitative estimate of drug-likeness (QED) is 0.160. The summed E-state index contributed by atoms with van der Waals surface area (Å²) in [5.41, 5.74) is 15.4. The number of hydrogen-bond donors (Lipinski definition) is 4. The number of nitrogens with zero attached hydrogens (tertiary/aromatic N) is 2. The van der Waals surface area contributed by atoms with Crippen LogP contribution in [0.2, 0.25) is 0 Å². The van der Waals surface area contributed by atoms with Crippen molar-refractivity contribution in [2.45, 2.75) is 32.3 Å². The van der Waals surface area contributed by atoms with Gasteiger partial charge < -0.3 is 31.1 Å². The zero-order chi connectivity index (χ0) is 27.2. The molecular weight excluding hydrogens is 482 g/mol. The van der Waals surface area contributed by atoms with E-state index in [1.807, 2.05) is 48.5 Å². The molecule has 7 N–H and O–H groups in total. The number of aliphatic carboxylic acids is 1. The van der Waals surface area contributed by atoms with E-state index >= 15 is 0 Å². The van der Waals surface area contributed by atoms with Crippen molar-refractivity contribution in [3.05, 3.63) is 72.2 Å². The molecule has 202 valence electrons. The van der Waals surface area contributed by atoms with E-state index < -0.39 is 5.97 Å². The fourth-order valence-electron chi connectivity index (χ4n) is 4.94. The molecule has 2 fully saturated rings. The van der Waals surface area contributed by atoms with Crippen molar-refractivity contribution in [2.24, 2.45) is 40.1 Å². The van der Waals surface area contributed by atoms with Gasteiger partial charge in [0.25, 0.3) is 0 Å². The molecular formula is C29H37N5O4. The maximum absolute atomic E-state index is 12.0. The van der Waals surface area contributed by atoms with Gasteiger partial charge in [0, 0.05) is 50.2 Å². The number of nitrogens with two attached hydrogens (primary N) is 3. The minimum Gasteiger partial charge on any atom is -0.490 e. The number of carboxylic acid groups (broad SMARTS) is 1. The SMILES string of the molecule is CC(Oc1cccc(-c2cccc(N=C(C(=CN)C(=O)O)C3CC3/C(N)=C/N(C)N)c2)c1)C1CCOCC1. The minimum absolute atomic E-state index is 0.0331. The van der Waals surface area contributed by atoms with Crippen molar-refractivity contribution in [3.63, 3.8) is 0 Å². The molecule has 3 unspecified atom stereocenters. The van der Waals surface area contributed by atoms with Gasteiger partial charge in [-0.05, 0) is 67.5 Å². The average molecular weight is 520 g/mol. The maximum Gasteiger partial charge on any atom is 0.339 e. The molecule has 0 amide bonds. The summed E-state index contributed by atoms with van der Waals surface area (Å²) in [5, 5.41) is 11.2. The van der Waals surface area contributed by atoms with E-state index in [-0.39, 0.29) is 23.5 Å². The number of carbonyl (C=O) groups is 1. The zero-order valence-electron chi connectivity index (χ0n) is 21.9. The number of ether oxygens (including phenoxy) is 2. The Kier molecular flexibility index (Phi) is 8.70. The lowest BCUT2D eigenvalue weighted by molar-refractivity contribution is -0.132. The predicted molar refractivity (Wildman–Crippen MR) is 148 cm³/mol. The first kappa shape index (κ1) is 27.2. The number of aliphatic imine (C=N–C) groups is 1. The third-order valence-corrected chi connectivity index (χ3v) is 7.11. The lowest BCUT2D eigenvalue weighted by Gasteiger charge is -2.28. The molecule has 9 heteroatoms. The van der Waals surface area contributed by atoms with Crippen LogP contribution in [0.3, 0.4) is 0 Å². The van der Waals surface area contributed by atoms with Crippen LogP contribution in [0.15, 0.2) is 77.2 Å². The van der Waals surface area contributed by atoms with Gasteiger partial charge in [-0.15, -0.1) is 0 Å². The third-order valence-electron chi connectivity index (χ3n) is 7.11. The molecule has 3 atom stereocenters. The molecule has 1 aliphatic heterocycles. The lowest BCUT2D eigenvalue weighted by atomic mass is 9.95. The van der Waals surface area contributed by atoms with Gasteiger partial charge in [0.2, 0.25) is 0 Å².